The fourth-order valence-corrected chi connectivity index (χ4v) is 2.26. The molecular weight excluding hydrogens is 190 g/mol. The Morgan fingerprint density at radius 1 is 1.67 bits per heavy atom. The lowest BCUT2D eigenvalue weighted by Gasteiger charge is -2.38. The van der Waals surface area contributed by atoms with E-state index < -0.39 is 0 Å². The second-order valence-corrected chi connectivity index (χ2v) is 4.31. The zero-order valence-corrected chi connectivity index (χ0v) is 9.67. The lowest BCUT2D eigenvalue weighted by molar-refractivity contribution is -0.0321. The van der Waals surface area contributed by atoms with Crippen molar-refractivity contribution in [3.8, 4) is 0 Å². The van der Waals surface area contributed by atoms with Crippen molar-refractivity contribution in [2.45, 2.75) is 38.3 Å². The van der Waals surface area contributed by atoms with E-state index in [1.807, 2.05) is 0 Å². The van der Waals surface area contributed by atoms with Gasteiger partial charge in [0.15, 0.2) is 0 Å². The van der Waals surface area contributed by atoms with Crippen LogP contribution in [0.25, 0.3) is 0 Å². The Morgan fingerprint density at radius 3 is 3.13 bits per heavy atom. The maximum atomic E-state index is 5.65. The van der Waals surface area contributed by atoms with Crippen molar-refractivity contribution in [2.75, 3.05) is 13.7 Å². The lowest BCUT2D eigenvalue weighted by atomic mass is 9.85. The van der Waals surface area contributed by atoms with Gasteiger partial charge in [-0.1, -0.05) is 6.92 Å². The number of hydrogen-bond donors (Lipinski definition) is 1. The van der Waals surface area contributed by atoms with E-state index in [0.29, 0.717) is 0 Å². The first-order valence-electron chi connectivity index (χ1n) is 5.56. The van der Waals surface area contributed by atoms with Gasteiger partial charge in [0.2, 0.25) is 0 Å². The number of ether oxygens (including phenoxy) is 1. The van der Waals surface area contributed by atoms with Crippen LogP contribution in [0.5, 0.6) is 0 Å². The van der Waals surface area contributed by atoms with E-state index >= 15 is 0 Å². The van der Waals surface area contributed by atoms with E-state index in [9.17, 15) is 0 Å². The third-order valence-electron chi connectivity index (χ3n) is 3.57. The van der Waals surface area contributed by atoms with Gasteiger partial charge in [0.05, 0.1) is 17.9 Å². The number of hydrogen-bond acceptors (Lipinski definition) is 3. The first-order chi connectivity index (χ1) is 7.21. The molecule has 3 nitrogen and oxygen atoms in total. The molecule has 1 aromatic rings. The van der Waals surface area contributed by atoms with Crippen LogP contribution in [-0.4, -0.2) is 19.3 Å². The summed E-state index contributed by atoms with van der Waals surface area (Å²) < 4.78 is 11.1. The predicted octanol–water partition coefficient (Wildman–Crippen LogP) is 2.28. The summed E-state index contributed by atoms with van der Waals surface area (Å²) in [5.74, 6) is 1.11. The molecule has 1 N–H and O–H groups in total. The van der Waals surface area contributed by atoms with Crippen LogP contribution in [0.3, 0.4) is 0 Å². The van der Waals surface area contributed by atoms with E-state index in [1.54, 1.807) is 13.4 Å². The van der Waals surface area contributed by atoms with Crippen molar-refractivity contribution < 1.29 is 9.15 Å². The summed E-state index contributed by atoms with van der Waals surface area (Å²) in [6.45, 7) is 5.26. The number of nitrogens with one attached hydrogen (secondary N) is 1. The summed E-state index contributed by atoms with van der Waals surface area (Å²) in [4.78, 5) is 0. The first-order valence-corrected chi connectivity index (χ1v) is 5.56. The Kier molecular flexibility index (Phi) is 2.85. The lowest BCUT2D eigenvalue weighted by Crippen LogP contribution is -2.45. The minimum Gasteiger partial charge on any atom is -0.469 e. The van der Waals surface area contributed by atoms with Crippen LogP contribution < -0.4 is 5.32 Å². The molecule has 1 aliphatic rings. The molecule has 1 aliphatic heterocycles. The van der Waals surface area contributed by atoms with Gasteiger partial charge in [-0.05, 0) is 19.4 Å². The van der Waals surface area contributed by atoms with Crippen LogP contribution in [-0.2, 0) is 11.2 Å². The summed E-state index contributed by atoms with van der Waals surface area (Å²) in [6, 6.07) is 2.30. The molecule has 84 valence electrons. The highest BCUT2D eigenvalue weighted by Crippen LogP contribution is 2.35. The smallest absolute Gasteiger partial charge is 0.109 e. The van der Waals surface area contributed by atoms with Gasteiger partial charge in [0.25, 0.3) is 0 Å². The fraction of sp³-hybridized carbons (Fsp3) is 0.667. The van der Waals surface area contributed by atoms with E-state index in [4.69, 9.17) is 9.15 Å². The predicted molar refractivity (Wildman–Crippen MR) is 58.9 cm³/mol. The summed E-state index contributed by atoms with van der Waals surface area (Å²) in [6.07, 6.45) is 3.73. The van der Waals surface area contributed by atoms with Gasteiger partial charge in [-0.15, -0.1) is 0 Å². The molecule has 0 bridgehead atoms. The third-order valence-corrected chi connectivity index (χ3v) is 3.57. The van der Waals surface area contributed by atoms with Crippen LogP contribution in [0.1, 0.15) is 37.6 Å². The summed E-state index contributed by atoms with van der Waals surface area (Å²) in [5.41, 5.74) is 1.10. The maximum Gasteiger partial charge on any atom is 0.109 e. The van der Waals surface area contributed by atoms with Crippen molar-refractivity contribution in [2.24, 2.45) is 0 Å². The molecule has 0 spiro atoms. The number of furan rings is 1. The monoisotopic (exact) mass is 209 g/mol. The molecule has 1 aromatic heterocycles. The summed E-state index contributed by atoms with van der Waals surface area (Å²) in [5, 5.41) is 3.52. The molecular formula is C12H19NO2. The van der Waals surface area contributed by atoms with Crippen molar-refractivity contribution >= 4 is 0 Å². The van der Waals surface area contributed by atoms with Gasteiger partial charge in [-0.3, -0.25) is 0 Å². The van der Waals surface area contributed by atoms with Crippen molar-refractivity contribution in [1.29, 1.82) is 0 Å². The Bertz CT molecular complexity index is 328. The van der Waals surface area contributed by atoms with Gasteiger partial charge in [-0.25, -0.2) is 0 Å². The molecule has 3 heteroatoms. The van der Waals surface area contributed by atoms with Gasteiger partial charge < -0.3 is 14.5 Å². The van der Waals surface area contributed by atoms with E-state index in [-0.39, 0.29) is 11.6 Å². The molecule has 0 saturated heterocycles. The second kappa shape index (κ2) is 3.99. The van der Waals surface area contributed by atoms with Gasteiger partial charge >= 0.3 is 0 Å². The Labute approximate surface area is 90.8 Å². The molecule has 0 amide bonds. The van der Waals surface area contributed by atoms with Crippen molar-refractivity contribution in [3.63, 3.8) is 0 Å². The highest BCUT2D eigenvalue weighted by Gasteiger charge is 2.37. The summed E-state index contributed by atoms with van der Waals surface area (Å²) in [7, 11) is 1.78. The maximum absolute atomic E-state index is 5.65. The van der Waals surface area contributed by atoms with E-state index in [1.165, 1.54) is 5.56 Å². The van der Waals surface area contributed by atoms with E-state index in [2.05, 4.69) is 25.2 Å². The molecule has 2 rings (SSSR count). The molecule has 2 unspecified atom stereocenters. The fourth-order valence-electron chi connectivity index (χ4n) is 2.26. The molecule has 15 heavy (non-hydrogen) atoms. The van der Waals surface area contributed by atoms with Gasteiger partial charge in [-0.2, -0.15) is 0 Å². The topological polar surface area (TPSA) is 34.4 Å². The Balaban J connectivity index is 2.33. The summed E-state index contributed by atoms with van der Waals surface area (Å²) >= 11 is 0. The molecule has 0 aromatic carbocycles. The standard InChI is InChI=1S/C12H19NO2/c1-4-12(2,14-3)11-9-6-8-15-10(9)5-7-13-11/h6,8,11,13H,4-5,7H2,1-3H3. The highest BCUT2D eigenvalue weighted by molar-refractivity contribution is 5.27. The minimum absolute atomic E-state index is 0.154. The van der Waals surface area contributed by atoms with Crippen LogP contribution >= 0.6 is 0 Å². The van der Waals surface area contributed by atoms with Crippen LogP contribution in [0.4, 0.5) is 0 Å². The molecule has 2 atom stereocenters. The molecule has 0 radical (unpaired) electrons. The van der Waals surface area contributed by atoms with Crippen molar-refractivity contribution in [1.82, 2.24) is 5.32 Å². The Morgan fingerprint density at radius 2 is 2.47 bits per heavy atom. The number of methoxy groups -OCH3 is 1. The SMILES string of the molecule is CCC(C)(OC)C1NCCc2occc21. The number of fused-ring (bicyclic) bond motifs is 1. The van der Waals surface area contributed by atoms with Gasteiger partial charge in [0, 0.05) is 25.6 Å². The highest BCUT2D eigenvalue weighted by atomic mass is 16.5. The Hall–Kier alpha value is -0.800. The van der Waals surface area contributed by atoms with Crippen LogP contribution in [0.15, 0.2) is 16.7 Å². The van der Waals surface area contributed by atoms with E-state index in [0.717, 1.165) is 25.1 Å². The zero-order chi connectivity index (χ0) is 10.9. The molecule has 0 aliphatic carbocycles. The van der Waals surface area contributed by atoms with Gasteiger partial charge in [0.1, 0.15) is 5.76 Å². The normalized spacial score (nSPS) is 24.6. The van der Waals surface area contributed by atoms with Crippen LogP contribution in [0.2, 0.25) is 0 Å². The first kappa shape index (κ1) is 10.7. The second-order valence-electron chi connectivity index (χ2n) is 4.31. The molecule has 2 heterocycles. The number of rotatable bonds is 3. The quantitative estimate of drug-likeness (QED) is 0.829. The molecule has 0 saturated carbocycles. The largest absolute Gasteiger partial charge is 0.469 e. The average Bonchev–Trinajstić information content (AvgIpc) is 2.75. The zero-order valence-electron chi connectivity index (χ0n) is 9.67. The third kappa shape index (κ3) is 1.70. The van der Waals surface area contributed by atoms with Crippen LogP contribution in [0, 0.1) is 0 Å². The molecule has 0 fully saturated rings. The van der Waals surface area contributed by atoms with Crippen molar-refractivity contribution in [3.05, 3.63) is 23.7 Å². The minimum atomic E-state index is -0.154. The average molecular weight is 209 g/mol.